The second kappa shape index (κ2) is 11.3. The summed E-state index contributed by atoms with van der Waals surface area (Å²) in [5.74, 6) is -0.160. The van der Waals surface area contributed by atoms with Crippen molar-refractivity contribution in [3.63, 3.8) is 0 Å². The van der Waals surface area contributed by atoms with E-state index >= 15 is 0 Å². The smallest absolute Gasteiger partial charge is 0.416 e. The molecule has 38 heavy (non-hydrogen) atoms. The van der Waals surface area contributed by atoms with Crippen molar-refractivity contribution in [1.82, 2.24) is 15.2 Å². The number of aromatic nitrogens is 1. The molecule has 0 unspecified atom stereocenters. The number of halogens is 4. The molecule has 202 valence electrons. The van der Waals surface area contributed by atoms with Crippen LogP contribution in [0.3, 0.4) is 0 Å². The van der Waals surface area contributed by atoms with E-state index in [0.29, 0.717) is 36.7 Å². The van der Waals surface area contributed by atoms with Gasteiger partial charge in [0.1, 0.15) is 11.4 Å². The molecule has 1 aromatic heterocycles. The van der Waals surface area contributed by atoms with Gasteiger partial charge < -0.3 is 15.0 Å². The van der Waals surface area contributed by atoms with Crippen molar-refractivity contribution in [2.45, 2.75) is 50.9 Å². The molecule has 2 amide bonds. The topological polar surface area (TPSA) is 71.5 Å². The normalized spacial score (nSPS) is 14.8. The fourth-order valence-electron chi connectivity index (χ4n) is 4.35. The summed E-state index contributed by atoms with van der Waals surface area (Å²) in [6, 6.07) is 12.1. The minimum Gasteiger partial charge on any atom is -0.476 e. The van der Waals surface area contributed by atoms with Gasteiger partial charge >= 0.3 is 6.18 Å². The molecule has 3 aromatic rings. The third-order valence-corrected chi connectivity index (χ3v) is 7.68. The molecule has 1 N–H and O–H groups in total. The number of thiazole rings is 1. The third-order valence-electron chi connectivity index (χ3n) is 6.36. The van der Waals surface area contributed by atoms with Gasteiger partial charge in [0.05, 0.1) is 15.6 Å². The van der Waals surface area contributed by atoms with Crippen molar-refractivity contribution < 1.29 is 27.5 Å². The molecule has 0 radical (unpaired) electrons. The second-order valence-corrected chi connectivity index (χ2v) is 10.8. The third kappa shape index (κ3) is 6.47. The molecule has 4 rings (SSSR count). The number of hydrogen-bond donors (Lipinski definition) is 1. The van der Waals surface area contributed by atoms with Gasteiger partial charge in [-0.3, -0.25) is 9.59 Å². The summed E-state index contributed by atoms with van der Waals surface area (Å²) >= 11 is 7.52. The number of rotatable bonds is 7. The molecule has 1 saturated heterocycles. The van der Waals surface area contributed by atoms with Crippen molar-refractivity contribution in [2.75, 3.05) is 13.1 Å². The average molecular weight is 566 g/mol. The number of para-hydroxylation sites is 1. The van der Waals surface area contributed by atoms with Crippen LogP contribution in [0, 0.1) is 0 Å². The summed E-state index contributed by atoms with van der Waals surface area (Å²) < 4.78 is 45.5. The molecule has 1 aliphatic heterocycles. The van der Waals surface area contributed by atoms with E-state index in [1.165, 1.54) is 29.5 Å². The highest BCUT2D eigenvalue weighted by atomic mass is 35.5. The van der Waals surface area contributed by atoms with Crippen LogP contribution in [-0.4, -0.2) is 40.4 Å². The highest BCUT2D eigenvalue weighted by Gasteiger charge is 2.37. The minimum absolute atomic E-state index is 0.0118. The Balaban J connectivity index is 1.32. The molecule has 6 nitrogen and oxygen atoms in total. The molecule has 0 saturated carbocycles. The Bertz CT molecular complexity index is 1300. The Kier molecular flexibility index (Phi) is 8.32. The average Bonchev–Trinajstić information content (AvgIpc) is 3.38. The van der Waals surface area contributed by atoms with E-state index in [-0.39, 0.29) is 29.6 Å². The Hall–Kier alpha value is -3.11. The summed E-state index contributed by atoms with van der Waals surface area (Å²) in [7, 11) is 0. The lowest BCUT2D eigenvalue weighted by atomic mass is 9.96. The van der Waals surface area contributed by atoms with Crippen molar-refractivity contribution in [1.29, 1.82) is 0 Å². The lowest BCUT2D eigenvalue weighted by molar-refractivity contribution is -0.146. The highest BCUT2D eigenvalue weighted by molar-refractivity contribution is 7.09. The molecule has 0 aliphatic carbocycles. The number of nitrogens with one attached hydrogen (secondary N) is 1. The van der Waals surface area contributed by atoms with E-state index in [9.17, 15) is 22.8 Å². The second-order valence-electron chi connectivity index (χ2n) is 9.52. The van der Waals surface area contributed by atoms with E-state index < -0.39 is 23.2 Å². The standard InChI is InChI=1S/C27H27ClF3N3O3S/c1-26(2,37-22-10-6-5-9-20(22)28)25(36)34-13-11-17(12-14-34)24-33-21(16-38-24)23(35)32-15-18-7-3-4-8-19(18)27(29,30)31/h3-10,16-17H,11-15H2,1-2H3,(H,32,35). The highest BCUT2D eigenvalue weighted by Crippen LogP contribution is 2.34. The first-order valence-corrected chi connectivity index (χ1v) is 13.3. The molecule has 0 spiro atoms. The van der Waals surface area contributed by atoms with Crippen molar-refractivity contribution >= 4 is 34.8 Å². The van der Waals surface area contributed by atoms with Crippen LogP contribution in [0.1, 0.15) is 59.2 Å². The van der Waals surface area contributed by atoms with Crippen molar-refractivity contribution in [3.05, 3.63) is 80.8 Å². The lowest BCUT2D eigenvalue weighted by Gasteiger charge is -2.36. The molecule has 2 heterocycles. The Morgan fingerprint density at radius 3 is 2.45 bits per heavy atom. The molecular weight excluding hydrogens is 539 g/mol. The lowest BCUT2D eigenvalue weighted by Crippen LogP contribution is -2.51. The van der Waals surface area contributed by atoms with E-state index in [1.54, 1.807) is 48.4 Å². The predicted octanol–water partition coefficient (Wildman–Crippen LogP) is 6.31. The van der Waals surface area contributed by atoms with E-state index in [2.05, 4.69) is 10.3 Å². The first-order valence-electron chi connectivity index (χ1n) is 12.1. The molecule has 11 heteroatoms. The summed E-state index contributed by atoms with van der Waals surface area (Å²) in [5, 5.41) is 5.34. The predicted molar refractivity (Wildman–Crippen MR) is 139 cm³/mol. The zero-order valence-corrected chi connectivity index (χ0v) is 22.4. The maximum absolute atomic E-state index is 13.2. The van der Waals surface area contributed by atoms with Gasteiger partial charge in [-0.2, -0.15) is 13.2 Å². The van der Waals surface area contributed by atoms with Crippen LogP contribution in [-0.2, 0) is 17.5 Å². The number of hydrogen-bond acceptors (Lipinski definition) is 5. The van der Waals surface area contributed by atoms with Gasteiger partial charge in [-0.25, -0.2) is 4.98 Å². The number of piperidine rings is 1. The van der Waals surface area contributed by atoms with Crippen LogP contribution in [0.15, 0.2) is 53.9 Å². The van der Waals surface area contributed by atoms with Gasteiger partial charge in [0.2, 0.25) is 0 Å². The summed E-state index contributed by atoms with van der Waals surface area (Å²) in [5.41, 5.74) is -1.72. The molecule has 0 atom stereocenters. The first kappa shape index (κ1) is 27.9. The maximum Gasteiger partial charge on any atom is 0.416 e. The number of carbonyl (C=O) groups excluding carboxylic acids is 2. The monoisotopic (exact) mass is 565 g/mol. The molecule has 0 bridgehead atoms. The summed E-state index contributed by atoms with van der Waals surface area (Å²) in [6.45, 7) is 4.18. The van der Waals surface area contributed by atoms with Gasteiger partial charge in [0.25, 0.3) is 11.8 Å². The molecule has 2 aromatic carbocycles. The first-order chi connectivity index (χ1) is 18.0. The molecule has 1 fully saturated rings. The SMILES string of the molecule is CC(C)(Oc1ccccc1Cl)C(=O)N1CCC(c2nc(C(=O)NCc3ccccc3C(F)(F)F)cs2)CC1. The van der Waals surface area contributed by atoms with Crippen LogP contribution >= 0.6 is 22.9 Å². The fourth-order valence-corrected chi connectivity index (χ4v) is 5.50. The van der Waals surface area contributed by atoms with Gasteiger partial charge in [-0.15, -0.1) is 11.3 Å². The van der Waals surface area contributed by atoms with E-state index in [0.717, 1.165) is 11.1 Å². The fraction of sp³-hybridized carbons (Fsp3) is 0.370. The van der Waals surface area contributed by atoms with Crippen LogP contribution in [0.25, 0.3) is 0 Å². The van der Waals surface area contributed by atoms with Gasteiger partial charge in [-0.05, 0) is 50.5 Å². The summed E-state index contributed by atoms with van der Waals surface area (Å²) in [6.07, 6.45) is -3.16. The van der Waals surface area contributed by atoms with Crippen molar-refractivity contribution in [3.8, 4) is 5.75 Å². The van der Waals surface area contributed by atoms with Crippen LogP contribution in [0.4, 0.5) is 13.2 Å². The summed E-state index contributed by atoms with van der Waals surface area (Å²) in [4.78, 5) is 31.9. The van der Waals surface area contributed by atoms with E-state index in [4.69, 9.17) is 16.3 Å². The number of benzene rings is 2. The number of ether oxygens (including phenoxy) is 1. The molecule has 1 aliphatic rings. The van der Waals surface area contributed by atoms with Crippen molar-refractivity contribution in [2.24, 2.45) is 0 Å². The number of nitrogens with zero attached hydrogens (tertiary/aromatic N) is 2. The molecular formula is C27H27ClF3N3O3S. The van der Waals surface area contributed by atoms with Crippen LogP contribution < -0.4 is 10.1 Å². The Labute approximate surface area is 227 Å². The Morgan fingerprint density at radius 2 is 1.76 bits per heavy atom. The van der Waals surface area contributed by atoms with Gasteiger partial charge in [0, 0.05) is 30.9 Å². The zero-order valence-electron chi connectivity index (χ0n) is 20.8. The number of carbonyl (C=O) groups is 2. The largest absolute Gasteiger partial charge is 0.476 e. The van der Waals surface area contributed by atoms with Crippen LogP contribution in [0.5, 0.6) is 5.75 Å². The quantitative estimate of drug-likeness (QED) is 0.364. The van der Waals surface area contributed by atoms with Gasteiger partial charge in [0.15, 0.2) is 5.60 Å². The Morgan fingerprint density at radius 1 is 1.11 bits per heavy atom. The minimum atomic E-state index is -4.50. The zero-order chi connectivity index (χ0) is 27.5. The number of likely N-dealkylation sites (tertiary alicyclic amines) is 1. The van der Waals surface area contributed by atoms with Crippen LogP contribution in [0.2, 0.25) is 5.02 Å². The van der Waals surface area contributed by atoms with E-state index in [1.807, 2.05) is 0 Å². The van der Waals surface area contributed by atoms with Gasteiger partial charge in [-0.1, -0.05) is 41.9 Å². The number of alkyl halides is 3. The maximum atomic E-state index is 13.2. The number of amides is 2.